The van der Waals surface area contributed by atoms with Crippen molar-refractivity contribution in [2.24, 2.45) is 0 Å². The van der Waals surface area contributed by atoms with Crippen LogP contribution >= 0.6 is 0 Å². The number of benzene rings is 2. The number of fused-ring (bicyclic) bond motifs is 1. The van der Waals surface area contributed by atoms with Gasteiger partial charge in [0, 0.05) is 5.56 Å². The van der Waals surface area contributed by atoms with E-state index < -0.39 is 0 Å². The van der Waals surface area contributed by atoms with Crippen LogP contribution in [0.5, 0.6) is 0 Å². The average molecular weight is 401 g/mol. The van der Waals surface area contributed by atoms with E-state index in [2.05, 4.69) is 41.2 Å². The van der Waals surface area contributed by atoms with Gasteiger partial charge in [-0.2, -0.15) is 5.10 Å². The number of hydrogen-bond donors (Lipinski definition) is 2. The number of carbonyl (C=O) groups excluding carboxylic acids is 1. The first-order valence-electron chi connectivity index (χ1n) is 9.74. The average Bonchev–Trinajstić information content (AvgIpc) is 3.17. The summed E-state index contributed by atoms with van der Waals surface area (Å²) < 4.78 is 1.61. The fourth-order valence-electron chi connectivity index (χ4n) is 3.19. The number of aromatic nitrogens is 4. The van der Waals surface area contributed by atoms with Gasteiger partial charge in [0.15, 0.2) is 5.65 Å². The summed E-state index contributed by atoms with van der Waals surface area (Å²) in [5.41, 5.74) is 2.70. The Morgan fingerprint density at radius 1 is 1.07 bits per heavy atom. The maximum atomic E-state index is 12.5. The molecule has 0 saturated carbocycles. The second-order valence-electron chi connectivity index (χ2n) is 8.15. The number of para-hydroxylation sites is 1. The highest BCUT2D eigenvalue weighted by Crippen LogP contribution is 2.22. The van der Waals surface area contributed by atoms with Gasteiger partial charge in [0.05, 0.1) is 18.4 Å². The van der Waals surface area contributed by atoms with Crippen molar-refractivity contribution in [2.45, 2.75) is 32.7 Å². The highest BCUT2D eigenvalue weighted by Gasteiger charge is 2.15. The normalized spacial score (nSPS) is 11.6. The minimum atomic E-state index is -0.291. The van der Waals surface area contributed by atoms with Crippen LogP contribution in [0.3, 0.4) is 0 Å². The van der Waals surface area contributed by atoms with Gasteiger partial charge in [0.1, 0.15) is 11.2 Å². The number of H-pyrrole nitrogens is 1. The monoisotopic (exact) mass is 401 g/mol. The van der Waals surface area contributed by atoms with E-state index in [1.807, 2.05) is 42.5 Å². The molecule has 1 amide bonds. The Bertz CT molecular complexity index is 1250. The van der Waals surface area contributed by atoms with Crippen LogP contribution in [0.4, 0.5) is 0 Å². The summed E-state index contributed by atoms with van der Waals surface area (Å²) in [7, 11) is 0. The van der Waals surface area contributed by atoms with E-state index in [1.165, 1.54) is 6.20 Å². The molecule has 0 bridgehead atoms. The molecule has 0 aliphatic heterocycles. The zero-order valence-corrected chi connectivity index (χ0v) is 17.1. The van der Waals surface area contributed by atoms with Gasteiger partial charge in [-0.3, -0.25) is 9.59 Å². The Morgan fingerprint density at radius 2 is 1.77 bits per heavy atom. The fraction of sp³-hybridized carbons (Fsp3) is 0.217. The minimum absolute atomic E-state index is 0.0233. The van der Waals surface area contributed by atoms with Crippen LogP contribution in [0.2, 0.25) is 0 Å². The standard InChI is InChI=1S/C23H23N5O2/c1-23(2,3)16-11-9-15(10-12-16)21(29)24-14-19-26-20-18(22(30)27-19)13-25-28(20)17-7-5-4-6-8-17/h4-13H,14H2,1-3H3,(H,24,29)(H,26,27,30). The van der Waals surface area contributed by atoms with E-state index in [9.17, 15) is 9.59 Å². The Balaban J connectivity index is 1.55. The second kappa shape index (κ2) is 7.59. The minimum Gasteiger partial charge on any atom is -0.345 e. The molecular formula is C23H23N5O2. The third-order valence-corrected chi connectivity index (χ3v) is 4.92. The maximum absolute atomic E-state index is 12.5. The smallest absolute Gasteiger partial charge is 0.262 e. The third-order valence-electron chi connectivity index (χ3n) is 4.92. The van der Waals surface area contributed by atoms with Gasteiger partial charge in [-0.05, 0) is 35.2 Å². The molecule has 2 N–H and O–H groups in total. The molecule has 2 aromatic carbocycles. The molecule has 152 valence electrons. The number of hydrogen-bond acceptors (Lipinski definition) is 4. The topological polar surface area (TPSA) is 92.7 Å². The molecule has 0 saturated heterocycles. The molecule has 0 fully saturated rings. The quantitative estimate of drug-likeness (QED) is 0.549. The van der Waals surface area contributed by atoms with Crippen molar-refractivity contribution in [3.8, 4) is 5.69 Å². The summed E-state index contributed by atoms with van der Waals surface area (Å²) >= 11 is 0. The molecule has 4 aromatic rings. The summed E-state index contributed by atoms with van der Waals surface area (Å²) in [6.45, 7) is 6.48. The van der Waals surface area contributed by atoms with Gasteiger partial charge in [0.25, 0.3) is 11.5 Å². The molecule has 2 aromatic heterocycles. The van der Waals surface area contributed by atoms with Crippen molar-refractivity contribution in [1.82, 2.24) is 25.1 Å². The Morgan fingerprint density at radius 3 is 2.43 bits per heavy atom. The van der Waals surface area contributed by atoms with Crippen molar-refractivity contribution < 1.29 is 4.79 Å². The molecule has 0 unspecified atom stereocenters. The summed E-state index contributed by atoms with van der Waals surface area (Å²) in [6, 6.07) is 17.0. The molecule has 0 atom stereocenters. The molecule has 7 heteroatoms. The molecule has 4 rings (SSSR count). The zero-order chi connectivity index (χ0) is 21.3. The number of rotatable bonds is 4. The lowest BCUT2D eigenvalue weighted by Crippen LogP contribution is -2.26. The van der Waals surface area contributed by atoms with Crippen molar-refractivity contribution in [1.29, 1.82) is 0 Å². The largest absolute Gasteiger partial charge is 0.345 e. The lowest BCUT2D eigenvalue weighted by atomic mass is 9.87. The molecule has 7 nitrogen and oxygen atoms in total. The summed E-state index contributed by atoms with van der Waals surface area (Å²) in [4.78, 5) is 32.2. The molecule has 0 spiro atoms. The summed E-state index contributed by atoms with van der Waals surface area (Å²) in [5.74, 6) is 0.139. The number of carbonyl (C=O) groups is 1. The van der Waals surface area contributed by atoms with E-state index in [-0.39, 0.29) is 23.4 Å². The highest BCUT2D eigenvalue weighted by molar-refractivity contribution is 5.94. The number of nitrogens with one attached hydrogen (secondary N) is 2. The van der Waals surface area contributed by atoms with Crippen molar-refractivity contribution in [3.63, 3.8) is 0 Å². The van der Waals surface area contributed by atoms with Crippen LogP contribution in [0.25, 0.3) is 16.7 Å². The Labute approximate surface area is 173 Å². The van der Waals surface area contributed by atoms with Gasteiger partial charge in [0.2, 0.25) is 0 Å². The predicted molar refractivity (Wildman–Crippen MR) is 116 cm³/mol. The lowest BCUT2D eigenvalue weighted by molar-refractivity contribution is 0.0950. The van der Waals surface area contributed by atoms with Gasteiger partial charge in [-0.25, -0.2) is 9.67 Å². The SMILES string of the molecule is CC(C)(C)c1ccc(C(=O)NCc2nc3c(cnn3-c3ccccc3)c(=O)[nH]2)cc1. The van der Waals surface area contributed by atoms with Gasteiger partial charge in [-0.15, -0.1) is 0 Å². The van der Waals surface area contributed by atoms with Crippen molar-refractivity contribution in [2.75, 3.05) is 0 Å². The van der Waals surface area contributed by atoms with E-state index in [4.69, 9.17) is 0 Å². The second-order valence-corrected chi connectivity index (χ2v) is 8.15. The van der Waals surface area contributed by atoms with Crippen LogP contribution in [0, 0.1) is 0 Å². The number of amides is 1. The predicted octanol–water partition coefficient (Wildman–Crippen LogP) is 3.34. The van der Waals surface area contributed by atoms with Crippen molar-refractivity contribution in [3.05, 3.63) is 88.1 Å². The van der Waals surface area contributed by atoms with Crippen LogP contribution in [-0.4, -0.2) is 25.7 Å². The third kappa shape index (κ3) is 3.87. The number of aromatic amines is 1. The van der Waals surface area contributed by atoms with Crippen LogP contribution in [-0.2, 0) is 12.0 Å². The van der Waals surface area contributed by atoms with E-state index in [1.54, 1.807) is 16.8 Å². The van der Waals surface area contributed by atoms with Crippen LogP contribution in [0.1, 0.15) is 42.5 Å². The zero-order valence-electron chi connectivity index (χ0n) is 17.1. The van der Waals surface area contributed by atoms with E-state index >= 15 is 0 Å². The Kier molecular flexibility index (Phi) is 4.95. The van der Waals surface area contributed by atoms with Crippen LogP contribution in [0.15, 0.2) is 65.6 Å². The highest BCUT2D eigenvalue weighted by atomic mass is 16.1. The molecule has 0 aliphatic rings. The molecule has 2 heterocycles. The first-order chi connectivity index (χ1) is 14.3. The van der Waals surface area contributed by atoms with E-state index in [0.29, 0.717) is 22.4 Å². The first kappa shape index (κ1) is 19.6. The molecule has 0 aliphatic carbocycles. The van der Waals surface area contributed by atoms with Gasteiger partial charge >= 0.3 is 0 Å². The molecule has 0 radical (unpaired) electrons. The molecule has 30 heavy (non-hydrogen) atoms. The number of nitrogens with zero attached hydrogens (tertiary/aromatic N) is 3. The van der Waals surface area contributed by atoms with E-state index in [0.717, 1.165) is 11.3 Å². The fourth-order valence-corrected chi connectivity index (χ4v) is 3.19. The lowest BCUT2D eigenvalue weighted by Gasteiger charge is -2.19. The van der Waals surface area contributed by atoms with Gasteiger partial charge in [-0.1, -0.05) is 51.1 Å². The summed E-state index contributed by atoms with van der Waals surface area (Å²) in [6.07, 6.45) is 1.49. The van der Waals surface area contributed by atoms with Crippen molar-refractivity contribution >= 4 is 16.9 Å². The molecular weight excluding hydrogens is 378 g/mol. The van der Waals surface area contributed by atoms with Crippen LogP contribution < -0.4 is 10.9 Å². The first-order valence-corrected chi connectivity index (χ1v) is 9.74. The maximum Gasteiger partial charge on any atom is 0.262 e. The Hall–Kier alpha value is -3.74. The van der Waals surface area contributed by atoms with Gasteiger partial charge < -0.3 is 10.3 Å². The summed E-state index contributed by atoms with van der Waals surface area (Å²) in [5, 5.41) is 7.50.